The van der Waals surface area contributed by atoms with E-state index in [1.165, 1.54) is 32.1 Å². The van der Waals surface area contributed by atoms with Crippen LogP contribution in [-0.4, -0.2) is 30.4 Å². The van der Waals surface area contributed by atoms with E-state index in [-0.39, 0.29) is 12.0 Å². The zero-order valence-corrected chi connectivity index (χ0v) is 13.1. The van der Waals surface area contributed by atoms with Gasteiger partial charge in [-0.05, 0) is 62.2 Å². The molecule has 0 aliphatic heterocycles. The topological polar surface area (TPSA) is 46.3 Å². The molecule has 3 rings (SSSR count). The molecular weight excluding hydrogens is 248 g/mol. The Morgan fingerprint density at radius 3 is 2.60 bits per heavy atom. The van der Waals surface area contributed by atoms with E-state index in [0.717, 1.165) is 37.1 Å². The normalized spacial score (nSPS) is 43.8. The summed E-state index contributed by atoms with van der Waals surface area (Å²) in [5, 5.41) is 0. The molecule has 0 spiro atoms. The molecule has 3 saturated carbocycles. The molecule has 3 aliphatic rings. The predicted octanol–water partition coefficient (Wildman–Crippen LogP) is 2.64. The minimum Gasteiger partial charge on any atom is -0.345 e. The van der Waals surface area contributed by atoms with Gasteiger partial charge >= 0.3 is 0 Å². The van der Waals surface area contributed by atoms with Gasteiger partial charge < -0.3 is 10.6 Å². The minimum absolute atomic E-state index is 0.0716. The van der Waals surface area contributed by atoms with Gasteiger partial charge in [0.1, 0.15) is 0 Å². The highest BCUT2D eigenvalue weighted by molar-refractivity contribution is 5.79. The van der Waals surface area contributed by atoms with Gasteiger partial charge in [-0.1, -0.05) is 13.3 Å². The zero-order chi connectivity index (χ0) is 14.3. The highest BCUT2D eigenvalue weighted by Gasteiger charge is 2.41. The SMILES string of the molecule is CC1CCC(N)C(C(=O)N(C)CC2CC3CCC2C3)C1. The summed E-state index contributed by atoms with van der Waals surface area (Å²) in [5.41, 5.74) is 6.20. The van der Waals surface area contributed by atoms with Crippen LogP contribution in [0.5, 0.6) is 0 Å². The first kappa shape index (κ1) is 14.4. The van der Waals surface area contributed by atoms with Gasteiger partial charge in [-0.15, -0.1) is 0 Å². The second-order valence-corrected chi connectivity index (χ2v) is 7.84. The van der Waals surface area contributed by atoms with Crippen LogP contribution >= 0.6 is 0 Å². The smallest absolute Gasteiger partial charge is 0.227 e. The first-order valence-corrected chi connectivity index (χ1v) is 8.55. The number of amides is 1. The van der Waals surface area contributed by atoms with E-state index in [0.29, 0.717) is 11.8 Å². The number of hydrogen-bond donors (Lipinski definition) is 1. The van der Waals surface area contributed by atoms with Gasteiger partial charge in [-0.2, -0.15) is 0 Å². The standard InChI is InChI=1S/C17H30N2O/c1-11-3-6-16(18)15(7-11)17(20)19(2)10-14-9-12-4-5-13(14)8-12/h11-16H,3-10,18H2,1-2H3. The van der Waals surface area contributed by atoms with Crippen molar-refractivity contribution in [2.24, 2.45) is 35.3 Å². The highest BCUT2D eigenvalue weighted by Crippen LogP contribution is 2.48. The van der Waals surface area contributed by atoms with Crippen molar-refractivity contribution in [2.45, 2.75) is 57.9 Å². The summed E-state index contributed by atoms with van der Waals surface area (Å²) in [6, 6.07) is 0.0844. The molecule has 2 N–H and O–H groups in total. The van der Waals surface area contributed by atoms with Gasteiger partial charge in [0.25, 0.3) is 0 Å². The molecule has 0 aromatic carbocycles. The Morgan fingerprint density at radius 1 is 1.15 bits per heavy atom. The van der Waals surface area contributed by atoms with Crippen molar-refractivity contribution in [3.63, 3.8) is 0 Å². The number of carbonyl (C=O) groups excluding carboxylic acids is 1. The van der Waals surface area contributed by atoms with E-state index in [1.807, 2.05) is 11.9 Å². The van der Waals surface area contributed by atoms with Crippen LogP contribution in [0.1, 0.15) is 51.9 Å². The summed E-state index contributed by atoms with van der Waals surface area (Å²) in [4.78, 5) is 14.7. The summed E-state index contributed by atoms with van der Waals surface area (Å²) in [5.74, 6) is 3.66. The molecule has 0 radical (unpaired) electrons. The lowest BCUT2D eigenvalue weighted by atomic mass is 9.78. The monoisotopic (exact) mass is 278 g/mol. The van der Waals surface area contributed by atoms with Crippen LogP contribution in [-0.2, 0) is 4.79 Å². The Labute approximate surface area is 123 Å². The van der Waals surface area contributed by atoms with Gasteiger partial charge in [0, 0.05) is 19.6 Å². The van der Waals surface area contributed by atoms with Crippen molar-refractivity contribution in [3.05, 3.63) is 0 Å². The molecular formula is C17H30N2O. The number of fused-ring (bicyclic) bond motifs is 2. The maximum absolute atomic E-state index is 12.7. The lowest BCUT2D eigenvalue weighted by molar-refractivity contribution is -0.137. The molecule has 0 heterocycles. The van der Waals surface area contributed by atoms with Crippen LogP contribution in [0.3, 0.4) is 0 Å². The average Bonchev–Trinajstić information content (AvgIpc) is 3.03. The molecule has 3 heteroatoms. The van der Waals surface area contributed by atoms with Crippen molar-refractivity contribution in [1.82, 2.24) is 4.90 Å². The first-order chi connectivity index (χ1) is 9.54. The number of carbonyl (C=O) groups is 1. The van der Waals surface area contributed by atoms with Gasteiger partial charge in [0.15, 0.2) is 0 Å². The Kier molecular flexibility index (Phi) is 4.07. The average molecular weight is 278 g/mol. The van der Waals surface area contributed by atoms with E-state index in [1.54, 1.807) is 0 Å². The molecule has 20 heavy (non-hydrogen) atoms. The molecule has 0 saturated heterocycles. The zero-order valence-electron chi connectivity index (χ0n) is 13.1. The summed E-state index contributed by atoms with van der Waals surface area (Å²) in [6.07, 6.45) is 8.80. The largest absolute Gasteiger partial charge is 0.345 e. The third-order valence-electron chi connectivity index (χ3n) is 6.25. The summed E-state index contributed by atoms with van der Waals surface area (Å²) >= 11 is 0. The molecule has 2 bridgehead atoms. The Bertz CT molecular complexity index is 370. The second kappa shape index (κ2) is 5.67. The van der Waals surface area contributed by atoms with E-state index in [4.69, 9.17) is 5.73 Å². The lowest BCUT2D eigenvalue weighted by Crippen LogP contribution is -2.47. The first-order valence-electron chi connectivity index (χ1n) is 8.55. The molecule has 114 valence electrons. The number of hydrogen-bond acceptors (Lipinski definition) is 2. The van der Waals surface area contributed by atoms with Gasteiger partial charge in [-0.25, -0.2) is 0 Å². The lowest BCUT2D eigenvalue weighted by Gasteiger charge is -2.35. The molecule has 0 aromatic heterocycles. The highest BCUT2D eigenvalue weighted by atomic mass is 16.2. The minimum atomic E-state index is 0.0716. The fraction of sp³-hybridized carbons (Fsp3) is 0.941. The molecule has 6 atom stereocenters. The summed E-state index contributed by atoms with van der Waals surface area (Å²) in [7, 11) is 2.00. The Balaban J connectivity index is 1.56. The van der Waals surface area contributed by atoms with Crippen LogP contribution in [0.25, 0.3) is 0 Å². The molecule has 3 aliphatic carbocycles. The summed E-state index contributed by atoms with van der Waals surface area (Å²) in [6.45, 7) is 3.22. The number of nitrogens with two attached hydrogens (primary N) is 1. The summed E-state index contributed by atoms with van der Waals surface area (Å²) < 4.78 is 0. The van der Waals surface area contributed by atoms with Crippen LogP contribution in [0.4, 0.5) is 0 Å². The fourth-order valence-corrected chi connectivity index (χ4v) is 5.01. The van der Waals surface area contributed by atoms with Crippen molar-refractivity contribution in [1.29, 1.82) is 0 Å². The maximum atomic E-state index is 12.7. The molecule has 6 unspecified atom stereocenters. The van der Waals surface area contributed by atoms with Crippen LogP contribution in [0.2, 0.25) is 0 Å². The van der Waals surface area contributed by atoms with E-state index in [2.05, 4.69) is 6.92 Å². The van der Waals surface area contributed by atoms with Crippen LogP contribution < -0.4 is 5.73 Å². The molecule has 3 nitrogen and oxygen atoms in total. The van der Waals surface area contributed by atoms with E-state index in [9.17, 15) is 4.79 Å². The predicted molar refractivity (Wildman–Crippen MR) is 81.1 cm³/mol. The van der Waals surface area contributed by atoms with Gasteiger partial charge in [-0.3, -0.25) is 4.79 Å². The van der Waals surface area contributed by atoms with Crippen molar-refractivity contribution in [2.75, 3.05) is 13.6 Å². The molecule has 0 aromatic rings. The Hall–Kier alpha value is -0.570. The fourth-order valence-electron chi connectivity index (χ4n) is 5.01. The number of rotatable bonds is 3. The van der Waals surface area contributed by atoms with Gasteiger partial charge in [0.05, 0.1) is 5.92 Å². The van der Waals surface area contributed by atoms with Crippen molar-refractivity contribution < 1.29 is 4.79 Å². The van der Waals surface area contributed by atoms with Gasteiger partial charge in [0.2, 0.25) is 5.91 Å². The Morgan fingerprint density at radius 2 is 1.95 bits per heavy atom. The third-order valence-corrected chi connectivity index (χ3v) is 6.25. The van der Waals surface area contributed by atoms with E-state index >= 15 is 0 Å². The van der Waals surface area contributed by atoms with Crippen LogP contribution in [0, 0.1) is 29.6 Å². The molecule has 1 amide bonds. The van der Waals surface area contributed by atoms with Crippen molar-refractivity contribution in [3.8, 4) is 0 Å². The third kappa shape index (κ3) is 2.74. The quantitative estimate of drug-likeness (QED) is 0.862. The van der Waals surface area contributed by atoms with E-state index < -0.39 is 0 Å². The van der Waals surface area contributed by atoms with Crippen molar-refractivity contribution >= 4 is 5.91 Å². The maximum Gasteiger partial charge on any atom is 0.227 e. The van der Waals surface area contributed by atoms with Crippen LogP contribution in [0.15, 0.2) is 0 Å². The second-order valence-electron chi connectivity index (χ2n) is 7.84. The molecule has 3 fully saturated rings. The number of nitrogens with zero attached hydrogens (tertiary/aromatic N) is 1.